The van der Waals surface area contributed by atoms with Crippen molar-refractivity contribution in [3.63, 3.8) is 0 Å². The first-order valence-corrected chi connectivity index (χ1v) is 16.4. The summed E-state index contributed by atoms with van der Waals surface area (Å²) in [6.07, 6.45) is -3.82. The second-order valence-corrected chi connectivity index (χ2v) is 12.2. The molecule has 4 N–H and O–H groups in total. The molecule has 4 aromatic rings. The normalized spacial score (nSPS) is 13.5. The van der Waals surface area contributed by atoms with Gasteiger partial charge in [-0.15, -0.1) is 0 Å². The van der Waals surface area contributed by atoms with Gasteiger partial charge in [0.15, 0.2) is 6.61 Å². The van der Waals surface area contributed by atoms with Gasteiger partial charge in [0.05, 0.1) is 19.8 Å². The summed E-state index contributed by atoms with van der Waals surface area (Å²) in [6.45, 7) is -1.63. The second kappa shape index (κ2) is 16.6. The highest BCUT2D eigenvalue weighted by atomic mass is 35.5. The van der Waals surface area contributed by atoms with Crippen LogP contribution in [-0.4, -0.2) is 71.6 Å². The zero-order valence-electron chi connectivity index (χ0n) is 28.3. The Balaban J connectivity index is 1.23. The molecule has 1 saturated carbocycles. The van der Waals surface area contributed by atoms with Crippen LogP contribution < -0.4 is 30.7 Å². The quantitative estimate of drug-likeness (QED) is 0.0825. The number of esters is 1. The molecule has 18 heteroatoms. The third-order valence-corrected chi connectivity index (χ3v) is 8.19. The third-order valence-electron chi connectivity index (χ3n) is 7.93. The molecule has 5 rings (SSSR count). The topological polar surface area (TPSA) is 183 Å². The van der Waals surface area contributed by atoms with E-state index in [0.29, 0.717) is 35.0 Å². The number of nitrogens with one attached hydrogen (secondary N) is 4. The molecule has 0 bridgehead atoms. The number of ketones is 1. The molecule has 0 spiro atoms. The molecule has 3 aromatic carbocycles. The molecule has 1 heterocycles. The van der Waals surface area contributed by atoms with Crippen molar-refractivity contribution in [2.45, 2.75) is 43.4 Å². The minimum atomic E-state index is -4.64. The maximum absolute atomic E-state index is 13.1. The van der Waals surface area contributed by atoms with Gasteiger partial charge in [-0.25, -0.2) is 4.79 Å². The summed E-state index contributed by atoms with van der Waals surface area (Å²) in [7, 11) is 2.60. The number of ether oxygens (including phenoxy) is 3. The number of nitrogens with zero attached hydrogens (tertiary/aromatic N) is 3. The molecule has 14 nitrogen and oxygen atoms in total. The van der Waals surface area contributed by atoms with Crippen molar-refractivity contribution in [3.8, 4) is 11.8 Å². The highest BCUT2D eigenvalue weighted by Crippen LogP contribution is 2.48. The van der Waals surface area contributed by atoms with Gasteiger partial charge in [0.2, 0.25) is 17.7 Å². The molecule has 1 fully saturated rings. The smallest absolute Gasteiger partial charge is 0.422 e. The molecule has 0 saturated heterocycles. The van der Waals surface area contributed by atoms with Crippen LogP contribution in [0.1, 0.15) is 41.6 Å². The van der Waals surface area contributed by atoms with Gasteiger partial charge in [-0.3, -0.25) is 14.4 Å². The second-order valence-electron chi connectivity index (χ2n) is 11.8. The Morgan fingerprint density at radius 3 is 2.11 bits per heavy atom. The summed E-state index contributed by atoms with van der Waals surface area (Å²) in [5, 5.41) is 11.6. The van der Waals surface area contributed by atoms with Gasteiger partial charge >= 0.3 is 18.2 Å². The molecule has 0 unspecified atom stereocenters. The van der Waals surface area contributed by atoms with E-state index in [1.807, 2.05) is 12.1 Å². The maximum atomic E-state index is 13.1. The Morgan fingerprint density at radius 2 is 1.51 bits per heavy atom. The number of hydrogen-bond donors (Lipinski definition) is 4. The Kier molecular flexibility index (Phi) is 12.0. The fraction of sp³-hybridized carbons (Fsp3) is 0.286. The number of alkyl halides is 3. The first-order valence-electron chi connectivity index (χ1n) is 16.0. The number of Topliss-reactive ketones (excluding diaryl/α,β-unsaturated/α-hetero) is 1. The fourth-order valence-electron chi connectivity index (χ4n) is 5.00. The van der Waals surface area contributed by atoms with Crippen molar-refractivity contribution >= 4 is 58.4 Å². The lowest BCUT2D eigenvalue weighted by atomic mass is 10.1. The number of rotatable bonds is 16. The van der Waals surface area contributed by atoms with Crippen LogP contribution in [0, 0.1) is 0 Å². The van der Waals surface area contributed by atoms with E-state index in [9.17, 15) is 32.3 Å². The Morgan fingerprint density at radius 1 is 0.868 bits per heavy atom. The van der Waals surface area contributed by atoms with Crippen molar-refractivity contribution in [1.29, 1.82) is 0 Å². The first kappa shape index (κ1) is 38.3. The Bertz CT molecular complexity index is 1940. The van der Waals surface area contributed by atoms with E-state index in [1.165, 1.54) is 31.4 Å². The number of aromatic nitrogens is 3. The van der Waals surface area contributed by atoms with Crippen molar-refractivity contribution in [1.82, 2.24) is 20.3 Å². The average molecular weight is 756 g/mol. The van der Waals surface area contributed by atoms with Gasteiger partial charge in [0, 0.05) is 28.4 Å². The average Bonchev–Trinajstić information content (AvgIpc) is 3.92. The molecule has 278 valence electrons. The Labute approximate surface area is 305 Å². The van der Waals surface area contributed by atoms with Crippen molar-refractivity contribution < 1.29 is 46.6 Å². The zero-order chi connectivity index (χ0) is 38.2. The van der Waals surface area contributed by atoms with E-state index in [-0.39, 0.29) is 30.3 Å². The maximum Gasteiger partial charge on any atom is 0.422 e. The molecular formula is C35H33ClF3N7O7. The van der Waals surface area contributed by atoms with Crippen LogP contribution >= 0.6 is 11.6 Å². The van der Waals surface area contributed by atoms with Gasteiger partial charge in [-0.2, -0.15) is 28.1 Å². The monoisotopic (exact) mass is 755 g/mol. The summed E-state index contributed by atoms with van der Waals surface area (Å²) < 4.78 is 53.5. The van der Waals surface area contributed by atoms with Crippen LogP contribution in [0.2, 0.25) is 5.02 Å². The molecule has 0 radical (unpaired) electrons. The van der Waals surface area contributed by atoms with Crippen LogP contribution in [0.25, 0.3) is 0 Å². The minimum absolute atomic E-state index is 0.0336. The molecule has 2 amide bonds. The summed E-state index contributed by atoms with van der Waals surface area (Å²) in [6, 6.07) is 17.4. The number of carbonyl (C=O) groups excluding carboxylic acids is 4. The van der Waals surface area contributed by atoms with Crippen LogP contribution in [0.4, 0.5) is 36.4 Å². The van der Waals surface area contributed by atoms with Gasteiger partial charge in [0.25, 0.3) is 11.8 Å². The van der Waals surface area contributed by atoms with E-state index in [4.69, 9.17) is 25.8 Å². The highest BCUT2D eigenvalue weighted by molar-refractivity contribution is 6.40. The van der Waals surface area contributed by atoms with E-state index in [0.717, 1.165) is 12.7 Å². The largest absolute Gasteiger partial charge is 0.497 e. The third kappa shape index (κ3) is 10.8. The van der Waals surface area contributed by atoms with Gasteiger partial charge < -0.3 is 35.5 Å². The van der Waals surface area contributed by atoms with E-state index in [1.54, 1.807) is 36.4 Å². The standard InChI is InChI=1S/C35H33ClF3N7O7/c1-51-25-13-11-23(12-14-25)40-29(49)27(47)16-15-26(30(50)52-2)42-28(48)20-3-9-24(10-4-20)41-31-43-32(45-33(44-31)53-19-35(37,38)39)46-34(17-18-34)21-5-7-22(36)8-6-21/h3-14,26H,15-19H2,1-2H3,(H,40,49)(H,42,48)(H2,41,43,44,45,46)/t26-/m0/s1. The molecule has 53 heavy (non-hydrogen) atoms. The van der Waals surface area contributed by atoms with Crippen molar-refractivity contribution in [2.24, 2.45) is 0 Å². The van der Waals surface area contributed by atoms with Crippen LogP contribution in [0.15, 0.2) is 72.8 Å². The van der Waals surface area contributed by atoms with E-state index < -0.39 is 53.9 Å². The van der Waals surface area contributed by atoms with Crippen molar-refractivity contribution in [3.05, 3.63) is 88.9 Å². The van der Waals surface area contributed by atoms with E-state index in [2.05, 4.69) is 36.2 Å². The number of anilines is 4. The molecule has 1 aliphatic carbocycles. The lowest BCUT2D eigenvalue weighted by molar-refractivity contribution is -0.154. The number of amides is 2. The highest BCUT2D eigenvalue weighted by Gasteiger charge is 2.45. The fourth-order valence-corrected chi connectivity index (χ4v) is 5.13. The first-order chi connectivity index (χ1) is 25.3. The molecule has 0 aliphatic heterocycles. The minimum Gasteiger partial charge on any atom is -0.497 e. The molecular weight excluding hydrogens is 723 g/mol. The van der Waals surface area contributed by atoms with Gasteiger partial charge in [-0.05, 0) is 85.5 Å². The summed E-state index contributed by atoms with van der Waals surface area (Å²) in [5.74, 6) is -2.85. The molecule has 1 atom stereocenters. The number of hydrogen-bond acceptors (Lipinski definition) is 12. The Hall–Kier alpha value is -5.97. The lowest BCUT2D eigenvalue weighted by Crippen LogP contribution is -2.42. The number of carbonyl (C=O) groups is 4. The van der Waals surface area contributed by atoms with Crippen LogP contribution in [-0.2, 0) is 24.7 Å². The number of methoxy groups -OCH3 is 2. The zero-order valence-corrected chi connectivity index (χ0v) is 29.0. The predicted molar refractivity (Wildman–Crippen MR) is 186 cm³/mol. The predicted octanol–water partition coefficient (Wildman–Crippen LogP) is 5.58. The lowest BCUT2D eigenvalue weighted by Gasteiger charge is -2.19. The molecule has 1 aliphatic rings. The summed E-state index contributed by atoms with van der Waals surface area (Å²) in [4.78, 5) is 62.7. The summed E-state index contributed by atoms with van der Waals surface area (Å²) >= 11 is 6.02. The number of halogens is 4. The molecule has 1 aromatic heterocycles. The van der Waals surface area contributed by atoms with Crippen molar-refractivity contribution in [2.75, 3.05) is 36.8 Å². The van der Waals surface area contributed by atoms with Gasteiger partial charge in [-0.1, -0.05) is 23.7 Å². The van der Waals surface area contributed by atoms with E-state index >= 15 is 0 Å². The SMILES string of the molecule is COC(=O)[C@H](CCC(=O)C(=O)Nc1ccc(OC)cc1)NC(=O)c1ccc(Nc2nc(NC3(c4ccc(Cl)cc4)CC3)nc(OCC(F)(F)F)n2)cc1. The van der Waals surface area contributed by atoms with Gasteiger partial charge in [0.1, 0.15) is 11.8 Å². The van der Waals surface area contributed by atoms with Crippen LogP contribution in [0.5, 0.6) is 11.8 Å². The summed E-state index contributed by atoms with van der Waals surface area (Å²) in [5.41, 5.74) is 1.15. The van der Waals surface area contributed by atoms with Crippen LogP contribution in [0.3, 0.4) is 0 Å². The number of benzene rings is 3.